The van der Waals surface area contributed by atoms with Gasteiger partial charge in [-0.1, -0.05) is 30.3 Å². The number of aromatic hydroxyl groups is 1. The first-order valence-corrected chi connectivity index (χ1v) is 16.8. The van der Waals surface area contributed by atoms with E-state index in [0.717, 1.165) is 16.7 Å². The average molecular weight is 667 g/mol. The van der Waals surface area contributed by atoms with Gasteiger partial charge in [-0.3, -0.25) is 19.2 Å². The second-order valence-corrected chi connectivity index (χ2v) is 12.3. The van der Waals surface area contributed by atoms with Crippen molar-refractivity contribution in [1.29, 1.82) is 0 Å². The maximum Gasteiger partial charge on any atom is 0.245 e. The topological polar surface area (TPSA) is 176 Å². The van der Waals surface area contributed by atoms with Crippen LogP contribution in [0, 0.1) is 0 Å². The van der Waals surface area contributed by atoms with Crippen molar-refractivity contribution in [2.75, 3.05) is 61.4 Å². The number of nitrogens with zero attached hydrogens (tertiary/aromatic N) is 1. The molecular formula is C35H54N8O5. The van der Waals surface area contributed by atoms with Crippen LogP contribution in [0.5, 0.6) is 5.75 Å². The van der Waals surface area contributed by atoms with Crippen molar-refractivity contribution in [1.82, 2.24) is 42.1 Å². The Morgan fingerprint density at radius 2 is 1.62 bits per heavy atom. The van der Waals surface area contributed by atoms with Crippen LogP contribution in [0.3, 0.4) is 0 Å². The lowest BCUT2D eigenvalue weighted by Crippen LogP contribution is -2.59. The highest BCUT2D eigenvalue weighted by molar-refractivity contribution is 5.95. The number of carbonyl (C=O) groups is 4. The Morgan fingerprint density at radius 3 is 2.33 bits per heavy atom. The summed E-state index contributed by atoms with van der Waals surface area (Å²) in [6.07, 6.45) is 2.39. The molecule has 0 saturated carbocycles. The first-order chi connectivity index (χ1) is 23.1. The minimum absolute atomic E-state index is 0.0738. The molecule has 13 nitrogen and oxygen atoms in total. The summed E-state index contributed by atoms with van der Waals surface area (Å²) in [7, 11) is 8.68. The number of fused-ring (bicyclic) bond motifs is 5. The molecule has 1 heterocycles. The summed E-state index contributed by atoms with van der Waals surface area (Å²) in [5, 5.41) is 31.6. The van der Waals surface area contributed by atoms with Gasteiger partial charge in [-0.2, -0.15) is 0 Å². The van der Waals surface area contributed by atoms with E-state index >= 15 is 0 Å². The molecule has 0 saturated heterocycles. The van der Waals surface area contributed by atoms with Crippen molar-refractivity contribution in [3.63, 3.8) is 0 Å². The van der Waals surface area contributed by atoms with Crippen molar-refractivity contribution in [3.8, 4) is 16.9 Å². The summed E-state index contributed by atoms with van der Waals surface area (Å²) in [5.74, 6) is -1.48. The van der Waals surface area contributed by atoms with Crippen molar-refractivity contribution < 1.29 is 24.3 Å². The predicted molar refractivity (Wildman–Crippen MR) is 187 cm³/mol. The fourth-order valence-corrected chi connectivity index (χ4v) is 5.85. The van der Waals surface area contributed by atoms with Crippen LogP contribution < -0.4 is 37.2 Å². The lowest BCUT2D eigenvalue weighted by molar-refractivity contribution is -0.143. The van der Waals surface area contributed by atoms with Crippen LogP contribution in [-0.2, 0) is 32.0 Å². The SMILES string of the molecule is CNCCC[C@H](NC(=O)[C@@H]1Cc2cccc(c2)-c2ccc(O)c(c2)C[C@H](NC)C(=O)N[C@@H](CCCNC)C(=O)N1C)C(=O)NCCNC. The largest absolute Gasteiger partial charge is 0.508 e. The zero-order chi connectivity index (χ0) is 35.1. The molecule has 48 heavy (non-hydrogen) atoms. The van der Waals surface area contributed by atoms with E-state index in [1.54, 1.807) is 27.2 Å². The van der Waals surface area contributed by atoms with E-state index in [0.29, 0.717) is 57.4 Å². The predicted octanol–water partition coefficient (Wildman–Crippen LogP) is -0.123. The third-order valence-corrected chi connectivity index (χ3v) is 8.74. The summed E-state index contributed by atoms with van der Waals surface area (Å²) >= 11 is 0. The quantitative estimate of drug-likeness (QED) is 0.121. The molecule has 0 unspecified atom stereocenters. The Labute approximate surface area is 284 Å². The number of amides is 4. The molecule has 264 valence electrons. The molecule has 0 radical (unpaired) electrons. The first-order valence-electron chi connectivity index (χ1n) is 16.8. The van der Waals surface area contributed by atoms with Gasteiger partial charge in [0.25, 0.3) is 0 Å². The standard InChI is InChI=1S/C35H54N8O5/c1-36-15-7-11-27(32(45)40-18-17-38-3)41-34(47)30-20-23-9-6-10-24(19-23)25-13-14-31(44)26(21-25)22-29(39-4)33(46)42-28(12-8-16-37-2)35(48)43(30)5/h6,9-10,13-14,19,21,27-30,36-39,44H,7-8,11-12,15-18,20,22H2,1-5H3,(H,40,45)(H,41,47)(H,42,46)/t27-,28-,29-,30-/m0/s1. The van der Waals surface area contributed by atoms with Crippen molar-refractivity contribution in [3.05, 3.63) is 53.6 Å². The highest BCUT2D eigenvalue weighted by Gasteiger charge is 2.35. The Balaban J connectivity index is 2.06. The van der Waals surface area contributed by atoms with Crippen LogP contribution in [0.25, 0.3) is 11.1 Å². The van der Waals surface area contributed by atoms with E-state index in [4.69, 9.17) is 0 Å². The molecule has 4 amide bonds. The molecule has 2 aromatic carbocycles. The van der Waals surface area contributed by atoms with Gasteiger partial charge in [-0.15, -0.1) is 0 Å². The van der Waals surface area contributed by atoms with Crippen LogP contribution in [0.1, 0.15) is 36.8 Å². The molecular weight excluding hydrogens is 612 g/mol. The number of benzene rings is 2. The maximum atomic E-state index is 14.2. The molecule has 1 aliphatic rings. The van der Waals surface area contributed by atoms with Gasteiger partial charge in [0.15, 0.2) is 0 Å². The third kappa shape index (κ3) is 11.0. The van der Waals surface area contributed by atoms with E-state index in [1.807, 2.05) is 50.5 Å². The highest BCUT2D eigenvalue weighted by atomic mass is 16.3. The van der Waals surface area contributed by atoms with Crippen LogP contribution >= 0.6 is 0 Å². The van der Waals surface area contributed by atoms with Gasteiger partial charge < -0.3 is 47.2 Å². The number of hydrogen-bond acceptors (Lipinski definition) is 9. The van der Waals surface area contributed by atoms with E-state index in [1.165, 1.54) is 4.90 Å². The number of phenols is 1. The van der Waals surface area contributed by atoms with Gasteiger partial charge in [0.2, 0.25) is 23.6 Å². The second-order valence-electron chi connectivity index (χ2n) is 12.3. The van der Waals surface area contributed by atoms with Gasteiger partial charge in [-0.25, -0.2) is 0 Å². The summed E-state index contributed by atoms with van der Waals surface area (Å²) in [4.78, 5) is 56.6. The van der Waals surface area contributed by atoms with E-state index in [2.05, 4.69) is 37.2 Å². The molecule has 2 aromatic rings. The van der Waals surface area contributed by atoms with Crippen LogP contribution in [0.15, 0.2) is 42.5 Å². The number of phenolic OH excluding ortho intramolecular Hbond substituents is 1. The third-order valence-electron chi connectivity index (χ3n) is 8.74. The monoisotopic (exact) mass is 666 g/mol. The Hall–Kier alpha value is -4.04. The fraction of sp³-hybridized carbons (Fsp3) is 0.543. The van der Waals surface area contributed by atoms with Gasteiger partial charge in [-0.05, 0) is 101 Å². The lowest BCUT2D eigenvalue weighted by Gasteiger charge is -2.32. The molecule has 0 aromatic heterocycles. The normalized spacial score (nSPS) is 19.1. The molecule has 4 bridgehead atoms. The van der Waals surface area contributed by atoms with Crippen LogP contribution in [-0.4, -0.2) is 119 Å². The van der Waals surface area contributed by atoms with Gasteiger partial charge in [0, 0.05) is 33.0 Å². The molecule has 13 heteroatoms. The Bertz CT molecular complexity index is 1370. The molecule has 4 atom stereocenters. The summed E-state index contributed by atoms with van der Waals surface area (Å²) in [6, 6.07) is 9.57. The molecule has 0 fully saturated rings. The molecule has 8 N–H and O–H groups in total. The Kier molecular flexibility index (Phi) is 15.8. The van der Waals surface area contributed by atoms with Crippen molar-refractivity contribution >= 4 is 23.6 Å². The minimum Gasteiger partial charge on any atom is -0.508 e. The van der Waals surface area contributed by atoms with Crippen LogP contribution in [0.4, 0.5) is 0 Å². The molecule has 0 spiro atoms. The average Bonchev–Trinajstić information content (AvgIpc) is 3.08. The van der Waals surface area contributed by atoms with E-state index in [-0.39, 0.29) is 24.5 Å². The number of carbonyl (C=O) groups excluding carboxylic acids is 4. The molecule has 1 aliphatic heterocycles. The summed E-state index contributed by atoms with van der Waals surface area (Å²) in [5.41, 5.74) is 3.10. The fourth-order valence-electron chi connectivity index (χ4n) is 5.85. The molecule has 3 rings (SSSR count). The Morgan fingerprint density at radius 1 is 0.917 bits per heavy atom. The van der Waals surface area contributed by atoms with Crippen molar-refractivity contribution in [2.45, 2.75) is 62.7 Å². The minimum atomic E-state index is -0.978. The first kappa shape index (κ1) is 38.4. The van der Waals surface area contributed by atoms with E-state index < -0.39 is 41.9 Å². The zero-order valence-electron chi connectivity index (χ0n) is 28.9. The second kappa shape index (κ2) is 19.7. The summed E-state index contributed by atoms with van der Waals surface area (Å²) in [6.45, 7) is 2.29. The van der Waals surface area contributed by atoms with Gasteiger partial charge in [0.1, 0.15) is 23.9 Å². The van der Waals surface area contributed by atoms with E-state index in [9.17, 15) is 24.3 Å². The number of rotatable bonds is 15. The summed E-state index contributed by atoms with van der Waals surface area (Å²) < 4.78 is 0. The number of nitrogens with one attached hydrogen (secondary N) is 7. The van der Waals surface area contributed by atoms with Crippen LogP contribution in [0.2, 0.25) is 0 Å². The van der Waals surface area contributed by atoms with Crippen molar-refractivity contribution in [2.24, 2.45) is 0 Å². The van der Waals surface area contributed by atoms with Gasteiger partial charge >= 0.3 is 0 Å². The molecule has 0 aliphatic carbocycles. The number of likely N-dealkylation sites (N-methyl/N-ethyl adjacent to an activating group) is 3. The highest BCUT2D eigenvalue weighted by Crippen LogP contribution is 2.28. The smallest absolute Gasteiger partial charge is 0.245 e. The zero-order valence-corrected chi connectivity index (χ0v) is 28.9. The lowest BCUT2D eigenvalue weighted by atomic mass is 9.95. The maximum absolute atomic E-state index is 14.2. The van der Waals surface area contributed by atoms with Gasteiger partial charge in [0.05, 0.1) is 6.04 Å². The number of hydrogen-bond donors (Lipinski definition) is 8.